The number of para-hydroxylation sites is 1. The van der Waals surface area contributed by atoms with Gasteiger partial charge in [0.25, 0.3) is 5.91 Å². The van der Waals surface area contributed by atoms with Crippen molar-refractivity contribution >= 4 is 16.9 Å². The molecular formula is C17H15NO2. The fraction of sp³-hybridized carbons (Fsp3) is 0.118. The molecule has 1 N–H and O–H groups in total. The lowest BCUT2D eigenvalue weighted by Gasteiger charge is -2.03. The third kappa shape index (κ3) is 2.57. The topological polar surface area (TPSA) is 42.2 Å². The van der Waals surface area contributed by atoms with Gasteiger partial charge in [0, 0.05) is 11.9 Å². The molecule has 20 heavy (non-hydrogen) atoms. The Morgan fingerprint density at radius 2 is 1.85 bits per heavy atom. The minimum Gasteiger partial charge on any atom is -0.451 e. The van der Waals surface area contributed by atoms with Gasteiger partial charge in [-0.05, 0) is 24.6 Å². The Hall–Kier alpha value is -2.55. The molecule has 100 valence electrons. The molecule has 0 aliphatic carbocycles. The lowest BCUT2D eigenvalue weighted by atomic mass is 10.1. The average Bonchev–Trinajstić information content (AvgIpc) is 2.90. The van der Waals surface area contributed by atoms with Gasteiger partial charge in [-0.3, -0.25) is 4.79 Å². The minimum atomic E-state index is -0.193. The standard InChI is InChI=1S/C17H15NO2/c1-12-6-8-13(9-7-12)11-18-17(19)16-10-14-4-2-3-5-15(14)20-16/h2-10H,11H2,1H3,(H,18,19). The molecule has 1 aromatic heterocycles. The van der Waals surface area contributed by atoms with Crippen molar-refractivity contribution in [2.45, 2.75) is 13.5 Å². The van der Waals surface area contributed by atoms with Crippen molar-refractivity contribution in [3.63, 3.8) is 0 Å². The molecule has 3 aromatic rings. The highest BCUT2D eigenvalue weighted by molar-refractivity contribution is 5.95. The molecule has 3 rings (SSSR count). The molecule has 0 bridgehead atoms. The molecule has 0 spiro atoms. The fourth-order valence-corrected chi connectivity index (χ4v) is 2.07. The molecule has 0 saturated carbocycles. The van der Waals surface area contributed by atoms with E-state index in [4.69, 9.17) is 4.42 Å². The van der Waals surface area contributed by atoms with E-state index in [9.17, 15) is 4.79 Å². The van der Waals surface area contributed by atoms with E-state index in [1.165, 1.54) is 5.56 Å². The van der Waals surface area contributed by atoms with Crippen molar-refractivity contribution < 1.29 is 9.21 Å². The number of carbonyl (C=O) groups is 1. The summed E-state index contributed by atoms with van der Waals surface area (Å²) in [4.78, 5) is 12.0. The van der Waals surface area contributed by atoms with Crippen LogP contribution in [0.5, 0.6) is 0 Å². The highest BCUT2D eigenvalue weighted by Crippen LogP contribution is 2.18. The van der Waals surface area contributed by atoms with Gasteiger partial charge < -0.3 is 9.73 Å². The largest absolute Gasteiger partial charge is 0.451 e. The zero-order chi connectivity index (χ0) is 13.9. The second kappa shape index (κ2) is 5.21. The van der Waals surface area contributed by atoms with Crippen LogP contribution in [0.2, 0.25) is 0 Å². The lowest BCUT2D eigenvalue weighted by Crippen LogP contribution is -2.22. The summed E-state index contributed by atoms with van der Waals surface area (Å²) in [5, 5.41) is 3.80. The SMILES string of the molecule is Cc1ccc(CNC(=O)c2cc3ccccc3o2)cc1. The summed E-state index contributed by atoms with van der Waals surface area (Å²) in [5.41, 5.74) is 3.01. The van der Waals surface area contributed by atoms with Crippen LogP contribution in [0.4, 0.5) is 0 Å². The van der Waals surface area contributed by atoms with Gasteiger partial charge in [-0.2, -0.15) is 0 Å². The van der Waals surface area contributed by atoms with E-state index in [2.05, 4.69) is 5.32 Å². The van der Waals surface area contributed by atoms with Crippen molar-refractivity contribution in [2.24, 2.45) is 0 Å². The first-order valence-corrected chi connectivity index (χ1v) is 6.55. The Labute approximate surface area is 117 Å². The summed E-state index contributed by atoms with van der Waals surface area (Å²) in [6, 6.07) is 17.4. The number of rotatable bonds is 3. The zero-order valence-corrected chi connectivity index (χ0v) is 11.2. The van der Waals surface area contributed by atoms with E-state index in [-0.39, 0.29) is 5.91 Å². The van der Waals surface area contributed by atoms with E-state index in [1.54, 1.807) is 6.07 Å². The third-order valence-electron chi connectivity index (χ3n) is 3.22. The molecule has 3 heteroatoms. The van der Waals surface area contributed by atoms with Crippen LogP contribution in [0.1, 0.15) is 21.7 Å². The monoisotopic (exact) mass is 265 g/mol. The summed E-state index contributed by atoms with van der Waals surface area (Å²) in [5.74, 6) is 0.153. The molecule has 0 saturated heterocycles. The zero-order valence-electron chi connectivity index (χ0n) is 11.2. The molecule has 0 aliphatic heterocycles. The maximum atomic E-state index is 12.0. The van der Waals surface area contributed by atoms with Crippen LogP contribution in [0.25, 0.3) is 11.0 Å². The van der Waals surface area contributed by atoms with Crippen molar-refractivity contribution in [1.29, 1.82) is 0 Å². The number of nitrogens with one attached hydrogen (secondary N) is 1. The number of hydrogen-bond donors (Lipinski definition) is 1. The molecule has 0 unspecified atom stereocenters. The van der Waals surface area contributed by atoms with Crippen LogP contribution in [-0.2, 0) is 6.54 Å². The van der Waals surface area contributed by atoms with Crippen molar-refractivity contribution in [1.82, 2.24) is 5.32 Å². The number of fused-ring (bicyclic) bond motifs is 1. The average molecular weight is 265 g/mol. The molecule has 1 heterocycles. The normalized spacial score (nSPS) is 10.7. The summed E-state index contributed by atoms with van der Waals surface area (Å²) in [6.45, 7) is 2.53. The van der Waals surface area contributed by atoms with Gasteiger partial charge in [0.1, 0.15) is 5.58 Å². The number of benzene rings is 2. The maximum absolute atomic E-state index is 12.0. The molecular weight excluding hydrogens is 250 g/mol. The van der Waals surface area contributed by atoms with Crippen molar-refractivity contribution in [3.05, 3.63) is 71.5 Å². The van der Waals surface area contributed by atoms with Crippen LogP contribution in [0.15, 0.2) is 59.0 Å². The number of aryl methyl sites for hydroxylation is 1. The van der Waals surface area contributed by atoms with Gasteiger partial charge in [0.05, 0.1) is 0 Å². The number of furan rings is 1. The van der Waals surface area contributed by atoms with Gasteiger partial charge >= 0.3 is 0 Å². The first kappa shape index (κ1) is 12.5. The minimum absolute atomic E-state index is 0.193. The van der Waals surface area contributed by atoms with Crippen LogP contribution in [0.3, 0.4) is 0 Å². The predicted molar refractivity (Wildman–Crippen MR) is 78.6 cm³/mol. The van der Waals surface area contributed by atoms with E-state index < -0.39 is 0 Å². The van der Waals surface area contributed by atoms with Gasteiger partial charge in [0.2, 0.25) is 0 Å². The predicted octanol–water partition coefficient (Wildman–Crippen LogP) is 3.67. The summed E-state index contributed by atoms with van der Waals surface area (Å²) in [7, 11) is 0. The molecule has 3 nitrogen and oxygen atoms in total. The van der Waals surface area contributed by atoms with E-state index in [0.717, 1.165) is 16.5 Å². The first-order chi connectivity index (χ1) is 9.72. The van der Waals surface area contributed by atoms with Gasteiger partial charge in [-0.1, -0.05) is 48.0 Å². The fourth-order valence-electron chi connectivity index (χ4n) is 2.07. The van der Waals surface area contributed by atoms with Crippen LogP contribution in [0, 0.1) is 6.92 Å². The first-order valence-electron chi connectivity index (χ1n) is 6.55. The van der Waals surface area contributed by atoms with E-state index in [0.29, 0.717) is 12.3 Å². The second-order valence-electron chi connectivity index (χ2n) is 4.82. The Morgan fingerprint density at radius 1 is 1.10 bits per heavy atom. The maximum Gasteiger partial charge on any atom is 0.287 e. The summed E-state index contributed by atoms with van der Waals surface area (Å²) in [6.07, 6.45) is 0. The Kier molecular flexibility index (Phi) is 3.25. The highest BCUT2D eigenvalue weighted by atomic mass is 16.3. The number of carbonyl (C=O) groups excluding carboxylic acids is 1. The summed E-state index contributed by atoms with van der Waals surface area (Å²) >= 11 is 0. The second-order valence-corrected chi connectivity index (χ2v) is 4.82. The molecule has 2 aromatic carbocycles. The quantitative estimate of drug-likeness (QED) is 0.785. The highest BCUT2D eigenvalue weighted by Gasteiger charge is 2.11. The van der Waals surface area contributed by atoms with E-state index >= 15 is 0 Å². The molecule has 0 aliphatic rings. The molecule has 1 amide bonds. The summed E-state index contributed by atoms with van der Waals surface area (Å²) < 4.78 is 5.53. The van der Waals surface area contributed by atoms with Gasteiger partial charge in [-0.25, -0.2) is 0 Å². The molecule has 0 fully saturated rings. The smallest absolute Gasteiger partial charge is 0.287 e. The van der Waals surface area contributed by atoms with Crippen LogP contribution < -0.4 is 5.32 Å². The number of amides is 1. The lowest BCUT2D eigenvalue weighted by molar-refractivity contribution is 0.0925. The van der Waals surface area contributed by atoms with Crippen molar-refractivity contribution in [2.75, 3.05) is 0 Å². The van der Waals surface area contributed by atoms with Gasteiger partial charge in [-0.15, -0.1) is 0 Å². The van der Waals surface area contributed by atoms with Crippen LogP contribution in [-0.4, -0.2) is 5.91 Å². The Morgan fingerprint density at radius 3 is 2.60 bits per heavy atom. The number of hydrogen-bond acceptors (Lipinski definition) is 2. The van der Waals surface area contributed by atoms with Crippen LogP contribution >= 0.6 is 0 Å². The van der Waals surface area contributed by atoms with Gasteiger partial charge in [0.15, 0.2) is 5.76 Å². The van der Waals surface area contributed by atoms with E-state index in [1.807, 2.05) is 55.5 Å². The Balaban J connectivity index is 1.71. The third-order valence-corrected chi connectivity index (χ3v) is 3.22. The Bertz CT molecular complexity index is 708. The molecule has 0 radical (unpaired) electrons. The van der Waals surface area contributed by atoms with Crippen molar-refractivity contribution in [3.8, 4) is 0 Å². The molecule has 0 atom stereocenters.